The van der Waals surface area contributed by atoms with Crippen molar-refractivity contribution in [3.8, 4) is 11.4 Å². The van der Waals surface area contributed by atoms with Crippen LogP contribution in [0.25, 0.3) is 22.3 Å². The highest BCUT2D eigenvalue weighted by Gasteiger charge is 2.41. The highest BCUT2D eigenvalue weighted by Crippen LogP contribution is 2.48. The molecule has 2 atom stereocenters. The SMILES string of the molecule is CC.CC1(COCCO)CCc2c(F)ccc3nc4c(c1c23)Cn1c-4cc2c(c1=O)COC(=O)C2O. The summed E-state index contributed by atoms with van der Waals surface area (Å²) in [5.41, 5.74) is 3.72. The van der Waals surface area contributed by atoms with Crippen molar-refractivity contribution in [2.45, 2.75) is 58.3 Å². The Hall–Kier alpha value is -3.14. The molecule has 2 aromatic heterocycles. The minimum atomic E-state index is -1.52. The van der Waals surface area contributed by atoms with E-state index in [-0.39, 0.29) is 48.9 Å². The van der Waals surface area contributed by atoms with Gasteiger partial charge in [0.1, 0.15) is 12.4 Å². The molecule has 0 saturated heterocycles. The summed E-state index contributed by atoms with van der Waals surface area (Å²) in [5.74, 6) is -1.07. The first-order valence-electron chi connectivity index (χ1n) is 12.3. The molecular weight excluding hydrogens is 467 g/mol. The van der Waals surface area contributed by atoms with Crippen LogP contribution in [0.1, 0.15) is 61.1 Å². The van der Waals surface area contributed by atoms with Gasteiger partial charge in [-0.25, -0.2) is 14.2 Å². The smallest absolute Gasteiger partial charge is 0.340 e. The highest BCUT2D eigenvalue weighted by molar-refractivity contribution is 5.93. The van der Waals surface area contributed by atoms with Crippen LogP contribution in [0.15, 0.2) is 23.0 Å². The third kappa shape index (κ3) is 3.48. The molecule has 0 bridgehead atoms. The second-order valence-corrected chi connectivity index (χ2v) is 9.44. The fourth-order valence-electron chi connectivity index (χ4n) is 5.71. The second kappa shape index (κ2) is 9.06. The molecule has 0 radical (unpaired) electrons. The van der Waals surface area contributed by atoms with Crippen LogP contribution in [-0.4, -0.2) is 45.6 Å². The van der Waals surface area contributed by atoms with E-state index in [9.17, 15) is 24.2 Å². The maximum absolute atomic E-state index is 14.8. The number of nitrogens with zero attached hydrogens (tertiary/aromatic N) is 2. The Morgan fingerprint density at radius 3 is 2.78 bits per heavy atom. The van der Waals surface area contributed by atoms with Crippen LogP contribution >= 0.6 is 0 Å². The lowest BCUT2D eigenvalue weighted by Crippen LogP contribution is -2.35. The number of carbonyl (C=O) groups is 1. The Kier molecular flexibility index (Phi) is 6.18. The lowest BCUT2D eigenvalue weighted by atomic mass is 9.70. The molecule has 2 unspecified atom stereocenters. The van der Waals surface area contributed by atoms with Crippen molar-refractivity contribution < 1.29 is 28.9 Å². The van der Waals surface area contributed by atoms with Gasteiger partial charge in [-0.05, 0) is 42.2 Å². The number of carbonyl (C=O) groups excluding carboxylic acids is 1. The van der Waals surface area contributed by atoms with Crippen molar-refractivity contribution >= 4 is 16.9 Å². The van der Waals surface area contributed by atoms with E-state index in [0.717, 1.165) is 16.5 Å². The number of aryl methyl sites for hydroxylation is 1. The molecule has 0 fully saturated rings. The summed E-state index contributed by atoms with van der Waals surface area (Å²) in [6, 6.07) is 4.70. The van der Waals surface area contributed by atoms with Crippen LogP contribution in [0.2, 0.25) is 0 Å². The summed E-state index contributed by atoms with van der Waals surface area (Å²) in [7, 11) is 0. The van der Waals surface area contributed by atoms with Crippen LogP contribution in [0, 0.1) is 5.82 Å². The van der Waals surface area contributed by atoms with Gasteiger partial charge in [-0.1, -0.05) is 20.8 Å². The summed E-state index contributed by atoms with van der Waals surface area (Å²) >= 11 is 0. The maximum atomic E-state index is 14.8. The average molecular weight is 497 g/mol. The second-order valence-electron chi connectivity index (χ2n) is 9.44. The number of esters is 1. The molecule has 6 rings (SSSR count). The van der Waals surface area contributed by atoms with Gasteiger partial charge >= 0.3 is 5.97 Å². The van der Waals surface area contributed by atoms with Gasteiger partial charge in [0.2, 0.25) is 0 Å². The summed E-state index contributed by atoms with van der Waals surface area (Å²) in [6.07, 6.45) is -0.355. The van der Waals surface area contributed by atoms with E-state index in [1.807, 2.05) is 13.8 Å². The average Bonchev–Trinajstić information content (AvgIpc) is 3.24. The molecular formula is C27H29FN2O6. The van der Waals surface area contributed by atoms with Gasteiger partial charge in [-0.2, -0.15) is 0 Å². The van der Waals surface area contributed by atoms with Crippen molar-refractivity contribution in [3.05, 3.63) is 62.2 Å². The Morgan fingerprint density at radius 1 is 1.25 bits per heavy atom. The normalized spacial score (nSPS) is 21.3. The Bertz CT molecular complexity index is 1450. The van der Waals surface area contributed by atoms with Crippen LogP contribution in [0.5, 0.6) is 0 Å². The number of hydrogen-bond acceptors (Lipinski definition) is 7. The lowest BCUT2D eigenvalue weighted by molar-refractivity contribution is -0.157. The van der Waals surface area contributed by atoms with Crippen LogP contribution in [0.4, 0.5) is 4.39 Å². The summed E-state index contributed by atoms with van der Waals surface area (Å²) in [4.78, 5) is 30.1. The molecule has 3 aliphatic rings. The fourth-order valence-corrected chi connectivity index (χ4v) is 5.71. The van der Waals surface area contributed by atoms with Gasteiger partial charge in [-0.3, -0.25) is 4.79 Å². The van der Waals surface area contributed by atoms with E-state index in [1.54, 1.807) is 16.7 Å². The number of aromatic nitrogens is 2. The standard InChI is InChI=1S/C25H23FN2O6.C2H6/c1-25(11-33-7-6-29)5-4-12-16(26)2-3-17-19(12)20(25)14-9-28-18(21(14)27-17)8-13-15(23(28)31)10-34-24(32)22(13)30;1-2/h2-3,8,22,29-30H,4-7,9-11H2,1H3;1-2H3. The molecule has 0 spiro atoms. The van der Waals surface area contributed by atoms with Gasteiger partial charge in [0.15, 0.2) is 6.10 Å². The molecule has 36 heavy (non-hydrogen) atoms. The third-order valence-electron chi connectivity index (χ3n) is 7.36. The zero-order valence-electron chi connectivity index (χ0n) is 20.6. The number of fused-ring (bicyclic) bond motifs is 5. The number of cyclic esters (lactones) is 1. The van der Waals surface area contributed by atoms with Crippen molar-refractivity contribution in [2.24, 2.45) is 0 Å². The molecule has 0 amide bonds. The Morgan fingerprint density at radius 2 is 2.03 bits per heavy atom. The molecule has 8 nitrogen and oxygen atoms in total. The van der Waals surface area contributed by atoms with Crippen molar-refractivity contribution in [1.82, 2.24) is 9.55 Å². The Balaban J connectivity index is 0.00000130. The van der Waals surface area contributed by atoms with Crippen LogP contribution < -0.4 is 5.56 Å². The summed E-state index contributed by atoms with van der Waals surface area (Å²) < 4.78 is 27.1. The molecule has 3 aromatic rings. The molecule has 4 heterocycles. The van der Waals surface area contributed by atoms with Gasteiger partial charge in [0.05, 0.1) is 48.8 Å². The predicted octanol–water partition coefficient (Wildman–Crippen LogP) is 2.89. The predicted molar refractivity (Wildman–Crippen MR) is 130 cm³/mol. The molecule has 1 aromatic carbocycles. The molecule has 190 valence electrons. The monoisotopic (exact) mass is 496 g/mol. The summed E-state index contributed by atoms with van der Waals surface area (Å²) in [5, 5.41) is 20.3. The van der Waals surface area contributed by atoms with Gasteiger partial charge in [0.25, 0.3) is 5.56 Å². The molecule has 2 aliphatic heterocycles. The molecule has 0 saturated carbocycles. The van der Waals surface area contributed by atoms with Gasteiger partial charge in [0, 0.05) is 21.9 Å². The number of aliphatic hydroxyl groups excluding tert-OH is 2. The summed E-state index contributed by atoms with van der Waals surface area (Å²) in [6.45, 7) is 6.54. The van der Waals surface area contributed by atoms with Crippen LogP contribution in [0.3, 0.4) is 0 Å². The zero-order chi connectivity index (χ0) is 25.8. The third-order valence-corrected chi connectivity index (χ3v) is 7.36. The minimum absolute atomic E-state index is 0.0966. The minimum Gasteiger partial charge on any atom is -0.458 e. The topological polar surface area (TPSA) is 111 Å². The number of pyridine rings is 2. The fraction of sp³-hybridized carbons (Fsp3) is 0.444. The first-order valence-corrected chi connectivity index (χ1v) is 12.3. The van der Waals surface area contributed by atoms with Crippen LogP contribution in [-0.2, 0) is 39.3 Å². The first-order chi connectivity index (χ1) is 17.3. The molecule has 1 aliphatic carbocycles. The molecule has 2 N–H and O–H groups in total. The molecule has 9 heteroatoms. The number of halogens is 1. The van der Waals surface area contributed by atoms with E-state index >= 15 is 0 Å². The largest absolute Gasteiger partial charge is 0.458 e. The Labute approximate surface area is 207 Å². The van der Waals surface area contributed by atoms with Crippen molar-refractivity contribution in [1.29, 1.82) is 0 Å². The van der Waals surface area contributed by atoms with Crippen molar-refractivity contribution in [2.75, 3.05) is 19.8 Å². The zero-order valence-corrected chi connectivity index (χ0v) is 20.6. The number of aliphatic hydroxyl groups is 2. The van der Waals surface area contributed by atoms with Gasteiger partial charge in [-0.15, -0.1) is 0 Å². The van der Waals surface area contributed by atoms with E-state index in [2.05, 4.69) is 6.92 Å². The lowest BCUT2D eigenvalue weighted by Gasteiger charge is -2.37. The maximum Gasteiger partial charge on any atom is 0.340 e. The van der Waals surface area contributed by atoms with E-state index in [0.29, 0.717) is 41.9 Å². The quantitative estimate of drug-likeness (QED) is 0.330. The number of rotatable bonds is 4. The number of hydrogen-bond donors (Lipinski definition) is 2. The van der Waals surface area contributed by atoms with E-state index in [1.165, 1.54) is 6.07 Å². The number of ether oxygens (including phenoxy) is 2. The van der Waals surface area contributed by atoms with Gasteiger partial charge < -0.3 is 24.3 Å². The highest BCUT2D eigenvalue weighted by atomic mass is 19.1. The van der Waals surface area contributed by atoms with E-state index < -0.39 is 17.5 Å². The van der Waals surface area contributed by atoms with E-state index in [4.69, 9.17) is 14.5 Å². The van der Waals surface area contributed by atoms with Crippen molar-refractivity contribution in [3.63, 3.8) is 0 Å². The number of benzene rings is 1. The first kappa shape index (κ1) is 24.5.